The van der Waals surface area contributed by atoms with E-state index in [-0.39, 0.29) is 6.04 Å². The zero-order valence-corrected chi connectivity index (χ0v) is 15.6. The van der Waals surface area contributed by atoms with Crippen molar-refractivity contribution in [3.63, 3.8) is 0 Å². The fraction of sp³-hybridized carbons (Fsp3) is 0.250. The van der Waals surface area contributed by atoms with Gasteiger partial charge < -0.3 is 14.8 Å². The Morgan fingerprint density at radius 2 is 1.67 bits per heavy atom. The molecule has 0 fully saturated rings. The molecule has 7 heteroatoms. The average Bonchev–Trinajstić information content (AvgIpc) is 2.69. The molecule has 0 aliphatic rings. The third-order valence-electron chi connectivity index (χ3n) is 3.74. The second-order valence-corrected chi connectivity index (χ2v) is 5.67. The number of carbonyl (C=O) groups excluding carboxylic acids is 2. The van der Waals surface area contributed by atoms with Crippen molar-refractivity contribution in [1.29, 1.82) is 0 Å². The van der Waals surface area contributed by atoms with Crippen molar-refractivity contribution >= 4 is 18.0 Å². The van der Waals surface area contributed by atoms with Crippen LogP contribution in [0.2, 0.25) is 0 Å². The minimum Gasteiger partial charge on any atom is -0.497 e. The lowest BCUT2D eigenvalue weighted by Crippen LogP contribution is -2.39. The van der Waals surface area contributed by atoms with Gasteiger partial charge >= 0.3 is 11.8 Å². The summed E-state index contributed by atoms with van der Waals surface area (Å²) in [7, 11) is 1.58. The van der Waals surface area contributed by atoms with Crippen molar-refractivity contribution in [2.75, 3.05) is 13.7 Å². The van der Waals surface area contributed by atoms with E-state index in [1.807, 2.05) is 19.1 Å². The van der Waals surface area contributed by atoms with E-state index in [2.05, 4.69) is 15.8 Å². The van der Waals surface area contributed by atoms with E-state index in [1.54, 1.807) is 50.4 Å². The Morgan fingerprint density at radius 1 is 1.04 bits per heavy atom. The van der Waals surface area contributed by atoms with Gasteiger partial charge in [0.15, 0.2) is 0 Å². The van der Waals surface area contributed by atoms with E-state index >= 15 is 0 Å². The van der Waals surface area contributed by atoms with Crippen LogP contribution in [-0.2, 0) is 9.59 Å². The topological polar surface area (TPSA) is 89.0 Å². The first kappa shape index (κ1) is 20.0. The maximum absolute atomic E-state index is 12.0. The lowest BCUT2D eigenvalue weighted by atomic mass is 10.1. The van der Waals surface area contributed by atoms with Gasteiger partial charge in [-0.1, -0.05) is 12.1 Å². The number of benzene rings is 2. The van der Waals surface area contributed by atoms with Crippen LogP contribution < -0.4 is 20.2 Å². The summed E-state index contributed by atoms with van der Waals surface area (Å²) in [5, 5.41) is 6.42. The molecule has 0 aliphatic heterocycles. The van der Waals surface area contributed by atoms with Gasteiger partial charge in [-0.3, -0.25) is 9.59 Å². The predicted octanol–water partition coefficient (Wildman–Crippen LogP) is 2.42. The highest BCUT2D eigenvalue weighted by Crippen LogP contribution is 2.17. The highest BCUT2D eigenvalue weighted by molar-refractivity contribution is 6.35. The molecule has 0 aliphatic carbocycles. The second kappa shape index (κ2) is 9.96. The van der Waals surface area contributed by atoms with E-state index < -0.39 is 11.8 Å². The van der Waals surface area contributed by atoms with Gasteiger partial charge in [0.1, 0.15) is 11.5 Å². The molecular weight excluding hydrogens is 346 g/mol. The van der Waals surface area contributed by atoms with E-state index in [0.717, 1.165) is 22.6 Å². The van der Waals surface area contributed by atoms with E-state index in [1.165, 1.54) is 6.21 Å². The Morgan fingerprint density at radius 3 is 2.26 bits per heavy atom. The van der Waals surface area contributed by atoms with E-state index in [9.17, 15) is 9.59 Å². The molecular formula is C20H23N3O4. The Kier molecular flexibility index (Phi) is 7.37. The first-order chi connectivity index (χ1) is 13.0. The standard InChI is InChI=1S/C20H23N3O4/c1-4-27-18-9-5-15(6-10-18)13-21-23-20(25)19(24)22-14(2)16-7-11-17(26-3)12-8-16/h5-14H,4H2,1-3H3,(H,22,24)(H,23,25). The van der Waals surface area contributed by atoms with Gasteiger partial charge in [-0.15, -0.1) is 0 Å². The molecule has 0 radical (unpaired) electrons. The Bertz CT molecular complexity index is 786. The van der Waals surface area contributed by atoms with Gasteiger partial charge in [0.05, 0.1) is 26.0 Å². The summed E-state index contributed by atoms with van der Waals surface area (Å²) in [6, 6.07) is 14.1. The molecule has 142 valence electrons. The van der Waals surface area contributed by atoms with Crippen LogP contribution >= 0.6 is 0 Å². The molecule has 0 bridgehead atoms. The van der Waals surface area contributed by atoms with Gasteiger partial charge in [0.25, 0.3) is 0 Å². The van der Waals surface area contributed by atoms with Crippen molar-refractivity contribution in [1.82, 2.24) is 10.7 Å². The second-order valence-electron chi connectivity index (χ2n) is 5.67. The minimum atomic E-state index is -0.836. The number of nitrogens with one attached hydrogen (secondary N) is 2. The van der Waals surface area contributed by atoms with Gasteiger partial charge in [-0.2, -0.15) is 5.10 Å². The molecule has 0 saturated carbocycles. The quantitative estimate of drug-likeness (QED) is 0.446. The molecule has 27 heavy (non-hydrogen) atoms. The minimum absolute atomic E-state index is 0.329. The fourth-order valence-electron chi connectivity index (χ4n) is 2.27. The lowest BCUT2D eigenvalue weighted by molar-refractivity contribution is -0.139. The number of carbonyl (C=O) groups is 2. The molecule has 7 nitrogen and oxygen atoms in total. The largest absolute Gasteiger partial charge is 0.497 e. The zero-order valence-electron chi connectivity index (χ0n) is 15.6. The van der Waals surface area contributed by atoms with Crippen molar-refractivity contribution in [2.24, 2.45) is 5.10 Å². The Balaban J connectivity index is 1.84. The molecule has 1 unspecified atom stereocenters. The zero-order chi connectivity index (χ0) is 19.6. The Hall–Kier alpha value is -3.35. The van der Waals surface area contributed by atoms with Gasteiger partial charge in [-0.25, -0.2) is 5.43 Å². The monoisotopic (exact) mass is 369 g/mol. The highest BCUT2D eigenvalue weighted by atomic mass is 16.5. The molecule has 2 N–H and O–H groups in total. The summed E-state index contributed by atoms with van der Waals surface area (Å²) in [5.74, 6) is -0.121. The number of hydrogen-bond acceptors (Lipinski definition) is 5. The van der Waals surface area contributed by atoms with Crippen LogP contribution in [0, 0.1) is 0 Å². The number of hydrazone groups is 1. The van der Waals surface area contributed by atoms with Crippen molar-refractivity contribution in [3.8, 4) is 11.5 Å². The molecule has 1 atom stereocenters. The van der Waals surface area contributed by atoms with Gasteiger partial charge in [0.2, 0.25) is 0 Å². The fourth-order valence-corrected chi connectivity index (χ4v) is 2.27. The average molecular weight is 369 g/mol. The summed E-state index contributed by atoms with van der Waals surface area (Å²) >= 11 is 0. The van der Waals surface area contributed by atoms with Crippen molar-refractivity contribution in [3.05, 3.63) is 59.7 Å². The van der Waals surface area contributed by atoms with Crippen LogP contribution in [-0.4, -0.2) is 31.7 Å². The number of rotatable bonds is 7. The van der Waals surface area contributed by atoms with Crippen LogP contribution in [0.3, 0.4) is 0 Å². The first-order valence-electron chi connectivity index (χ1n) is 8.54. The summed E-state index contributed by atoms with van der Waals surface area (Å²) in [6.45, 7) is 4.29. The predicted molar refractivity (Wildman–Crippen MR) is 103 cm³/mol. The normalized spacial score (nSPS) is 11.7. The van der Waals surface area contributed by atoms with Crippen LogP contribution in [0.5, 0.6) is 11.5 Å². The lowest BCUT2D eigenvalue weighted by Gasteiger charge is -2.13. The Labute approximate surface area is 158 Å². The molecule has 0 aromatic heterocycles. The summed E-state index contributed by atoms with van der Waals surface area (Å²) in [4.78, 5) is 23.8. The first-order valence-corrected chi connectivity index (χ1v) is 8.54. The number of nitrogens with zero attached hydrogens (tertiary/aromatic N) is 1. The van der Waals surface area contributed by atoms with Gasteiger partial charge in [0, 0.05) is 0 Å². The summed E-state index contributed by atoms with van der Waals surface area (Å²) in [6.07, 6.45) is 1.45. The molecule has 2 aromatic carbocycles. The third-order valence-corrected chi connectivity index (χ3v) is 3.74. The van der Waals surface area contributed by atoms with E-state index in [0.29, 0.717) is 6.61 Å². The molecule has 2 rings (SSSR count). The molecule has 2 amide bonds. The van der Waals surface area contributed by atoms with E-state index in [4.69, 9.17) is 9.47 Å². The maximum atomic E-state index is 12.0. The smallest absolute Gasteiger partial charge is 0.329 e. The van der Waals surface area contributed by atoms with Crippen molar-refractivity contribution < 1.29 is 19.1 Å². The molecule has 2 aromatic rings. The maximum Gasteiger partial charge on any atom is 0.329 e. The van der Waals surface area contributed by atoms with Crippen LogP contribution in [0.25, 0.3) is 0 Å². The van der Waals surface area contributed by atoms with Gasteiger partial charge in [-0.05, 0) is 61.4 Å². The van der Waals surface area contributed by atoms with Crippen LogP contribution in [0.1, 0.15) is 31.0 Å². The molecule has 0 saturated heterocycles. The number of methoxy groups -OCH3 is 1. The third kappa shape index (κ3) is 6.14. The number of amides is 2. The SMILES string of the molecule is CCOc1ccc(C=NNC(=O)C(=O)NC(C)c2ccc(OC)cc2)cc1. The van der Waals surface area contributed by atoms with Crippen molar-refractivity contribution in [2.45, 2.75) is 19.9 Å². The van der Waals surface area contributed by atoms with Crippen LogP contribution in [0.4, 0.5) is 0 Å². The summed E-state index contributed by atoms with van der Waals surface area (Å²) < 4.78 is 10.4. The highest BCUT2D eigenvalue weighted by Gasteiger charge is 2.16. The summed E-state index contributed by atoms with van der Waals surface area (Å²) in [5.41, 5.74) is 3.84. The molecule has 0 spiro atoms. The number of ether oxygens (including phenoxy) is 2. The number of hydrogen-bond donors (Lipinski definition) is 2. The van der Waals surface area contributed by atoms with Crippen LogP contribution in [0.15, 0.2) is 53.6 Å². The molecule has 0 heterocycles.